The Labute approximate surface area is 150 Å². The molecule has 0 amide bonds. The zero-order valence-corrected chi connectivity index (χ0v) is 15.4. The van der Waals surface area contributed by atoms with E-state index in [0.717, 1.165) is 36.3 Å². The maximum atomic E-state index is 9.94. The molecule has 3 rings (SSSR count). The minimum atomic E-state index is 0.228. The third-order valence-corrected chi connectivity index (χ3v) is 5.03. The van der Waals surface area contributed by atoms with Crippen molar-refractivity contribution in [3.8, 4) is 11.5 Å². The van der Waals surface area contributed by atoms with Gasteiger partial charge in [-0.1, -0.05) is 18.2 Å². The van der Waals surface area contributed by atoms with Gasteiger partial charge in [-0.25, -0.2) is 0 Å². The monoisotopic (exact) mass is 424 g/mol. The predicted molar refractivity (Wildman–Crippen MR) is 101 cm³/mol. The molecule has 0 bridgehead atoms. The number of hydrogen-bond donors (Lipinski definition) is 1. The van der Waals surface area contributed by atoms with Gasteiger partial charge in [0.2, 0.25) is 0 Å². The molecule has 1 aliphatic rings. The summed E-state index contributed by atoms with van der Waals surface area (Å²) in [5.74, 6) is 0.778. The van der Waals surface area contributed by atoms with E-state index in [2.05, 4.69) is 62.7 Å². The molecule has 0 saturated carbocycles. The first-order chi connectivity index (χ1) is 11.2. The Kier molecular flexibility index (Phi) is 5.27. The van der Waals surface area contributed by atoms with Crippen LogP contribution in [0, 0.1) is 3.57 Å². The summed E-state index contributed by atoms with van der Waals surface area (Å²) in [6, 6.07) is 14.5. The fraction of sp³-hybridized carbons (Fsp3) is 0.333. The summed E-state index contributed by atoms with van der Waals surface area (Å²) in [6.07, 6.45) is 0. The van der Waals surface area contributed by atoms with Crippen LogP contribution in [-0.4, -0.2) is 43.3 Å². The van der Waals surface area contributed by atoms with Gasteiger partial charge in [-0.15, -0.1) is 0 Å². The van der Waals surface area contributed by atoms with Gasteiger partial charge in [0.25, 0.3) is 0 Å². The quantitative estimate of drug-likeness (QED) is 0.765. The number of piperazine rings is 1. The average molecular weight is 424 g/mol. The number of nitrogens with zero attached hydrogens (tertiary/aromatic N) is 2. The van der Waals surface area contributed by atoms with E-state index in [0.29, 0.717) is 5.75 Å². The molecule has 0 atom stereocenters. The fourth-order valence-electron chi connectivity index (χ4n) is 2.94. The number of anilines is 1. The van der Waals surface area contributed by atoms with Gasteiger partial charge in [0, 0.05) is 38.4 Å². The molecular formula is C18H21IN2O2. The molecule has 1 fully saturated rings. The van der Waals surface area contributed by atoms with E-state index in [-0.39, 0.29) is 5.75 Å². The van der Waals surface area contributed by atoms with Gasteiger partial charge < -0.3 is 14.7 Å². The van der Waals surface area contributed by atoms with E-state index in [1.165, 1.54) is 11.3 Å². The fourth-order valence-corrected chi connectivity index (χ4v) is 3.60. The maximum absolute atomic E-state index is 9.94. The summed E-state index contributed by atoms with van der Waals surface area (Å²) in [7, 11) is 1.59. The minimum Gasteiger partial charge on any atom is -0.504 e. The highest BCUT2D eigenvalue weighted by molar-refractivity contribution is 14.1. The zero-order valence-electron chi connectivity index (χ0n) is 13.2. The number of para-hydroxylation sites is 1. The molecule has 122 valence electrons. The summed E-state index contributed by atoms with van der Waals surface area (Å²) in [4.78, 5) is 4.87. The zero-order chi connectivity index (χ0) is 16.2. The van der Waals surface area contributed by atoms with Crippen LogP contribution in [0.25, 0.3) is 0 Å². The third-order valence-electron chi connectivity index (χ3n) is 4.21. The van der Waals surface area contributed by atoms with Crippen LogP contribution in [0.15, 0.2) is 42.5 Å². The first-order valence-corrected chi connectivity index (χ1v) is 8.83. The van der Waals surface area contributed by atoms with Crippen LogP contribution < -0.4 is 9.64 Å². The van der Waals surface area contributed by atoms with Gasteiger partial charge in [-0.2, -0.15) is 0 Å². The van der Waals surface area contributed by atoms with Gasteiger partial charge >= 0.3 is 0 Å². The first kappa shape index (κ1) is 16.4. The smallest absolute Gasteiger partial charge is 0.171 e. The Morgan fingerprint density at radius 1 is 1.09 bits per heavy atom. The van der Waals surface area contributed by atoms with E-state index in [1.54, 1.807) is 7.11 Å². The average Bonchev–Trinajstić information content (AvgIpc) is 2.59. The Morgan fingerprint density at radius 2 is 1.78 bits per heavy atom. The molecule has 2 aromatic carbocycles. The third kappa shape index (κ3) is 3.90. The maximum Gasteiger partial charge on any atom is 0.171 e. The lowest BCUT2D eigenvalue weighted by Crippen LogP contribution is -2.45. The summed E-state index contributed by atoms with van der Waals surface area (Å²) in [5.41, 5.74) is 2.48. The van der Waals surface area contributed by atoms with Crippen molar-refractivity contribution in [1.29, 1.82) is 0 Å². The highest BCUT2D eigenvalue weighted by Crippen LogP contribution is 2.32. The Balaban J connectivity index is 1.62. The molecule has 0 aromatic heterocycles. The predicted octanol–water partition coefficient (Wildman–Crippen LogP) is 3.33. The molecule has 1 saturated heterocycles. The SMILES string of the molecule is COc1cc(CN2CCN(c3ccccc3)CC2)cc(I)c1O. The number of methoxy groups -OCH3 is 1. The largest absolute Gasteiger partial charge is 0.504 e. The van der Waals surface area contributed by atoms with Crippen molar-refractivity contribution in [2.45, 2.75) is 6.54 Å². The van der Waals surface area contributed by atoms with Crippen LogP contribution in [0.1, 0.15) is 5.56 Å². The van der Waals surface area contributed by atoms with Crippen molar-refractivity contribution >= 4 is 28.3 Å². The molecule has 1 heterocycles. The molecule has 0 spiro atoms. The lowest BCUT2D eigenvalue weighted by Gasteiger charge is -2.36. The summed E-state index contributed by atoms with van der Waals surface area (Å²) < 4.78 is 6.08. The summed E-state index contributed by atoms with van der Waals surface area (Å²) >= 11 is 2.15. The van der Waals surface area contributed by atoms with E-state index in [9.17, 15) is 5.11 Å². The van der Waals surface area contributed by atoms with Gasteiger partial charge in [0.1, 0.15) is 0 Å². The molecule has 4 nitrogen and oxygen atoms in total. The second kappa shape index (κ2) is 7.40. The molecule has 1 N–H and O–H groups in total. The van der Waals surface area contributed by atoms with Crippen molar-refractivity contribution < 1.29 is 9.84 Å². The highest BCUT2D eigenvalue weighted by atomic mass is 127. The van der Waals surface area contributed by atoms with E-state index in [4.69, 9.17) is 4.74 Å². The number of benzene rings is 2. The van der Waals surface area contributed by atoms with Crippen molar-refractivity contribution in [1.82, 2.24) is 4.90 Å². The number of aromatic hydroxyl groups is 1. The van der Waals surface area contributed by atoms with Gasteiger partial charge in [-0.05, 0) is 52.4 Å². The van der Waals surface area contributed by atoms with E-state index >= 15 is 0 Å². The molecule has 0 aliphatic carbocycles. The molecule has 0 radical (unpaired) electrons. The first-order valence-electron chi connectivity index (χ1n) is 7.75. The van der Waals surface area contributed by atoms with Crippen LogP contribution in [0.5, 0.6) is 11.5 Å². The van der Waals surface area contributed by atoms with E-state index < -0.39 is 0 Å². The van der Waals surface area contributed by atoms with Crippen LogP contribution >= 0.6 is 22.6 Å². The molecule has 23 heavy (non-hydrogen) atoms. The van der Waals surface area contributed by atoms with Gasteiger partial charge in [0.15, 0.2) is 11.5 Å². The number of rotatable bonds is 4. The van der Waals surface area contributed by atoms with Gasteiger partial charge in [-0.3, -0.25) is 4.90 Å². The van der Waals surface area contributed by atoms with Crippen LogP contribution in [0.4, 0.5) is 5.69 Å². The van der Waals surface area contributed by atoms with E-state index in [1.807, 2.05) is 12.1 Å². The second-order valence-corrected chi connectivity index (χ2v) is 6.89. The number of hydrogen-bond acceptors (Lipinski definition) is 4. The van der Waals surface area contributed by atoms with Crippen LogP contribution in [-0.2, 0) is 6.54 Å². The summed E-state index contributed by atoms with van der Waals surface area (Å²) in [6.45, 7) is 5.03. The van der Waals surface area contributed by atoms with Gasteiger partial charge in [0.05, 0.1) is 10.7 Å². The second-order valence-electron chi connectivity index (χ2n) is 5.73. The molecule has 0 unspecified atom stereocenters. The molecular weight excluding hydrogens is 403 g/mol. The number of phenolic OH excluding ortho intramolecular Hbond substituents is 1. The Hall–Kier alpha value is -1.47. The van der Waals surface area contributed by atoms with Crippen molar-refractivity contribution in [3.05, 3.63) is 51.6 Å². The minimum absolute atomic E-state index is 0.228. The standard InChI is InChI=1S/C18H21IN2O2/c1-23-17-12-14(11-16(19)18(17)22)13-20-7-9-21(10-8-20)15-5-3-2-4-6-15/h2-6,11-12,22H,7-10,13H2,1H3. The van der Waals surface area contributed by atoms with Crippen LogP contribution in [0.3, 0.4) is 0 Å². The van der Waals surface area contributed by atoms with Crippen LogP contribution in [0.2, 0.25) is 0 Å². The number of phenols is 1. The van der Waals surface area contributed by atoms with Crippen molar-refractivity contribution in [3.63, 3.8) is 0 Å². The molecule has 2 aromatic rings. The number of halogens is 1. The molecule has 1 aliphatic heterocycles. The topological polar surface area (TPSA) is 35.9 Å². The Morgan fingerprint density at radius 3 is 2.43 bits per heavy atom. The highest BCUT2D eigenvalue weighted by Gasteiger charge is 2.18. The number of ether oxygens (including phenoxy) is 1. The summed E-state index contributed by atoms with van der Waals surface area (Å²) in [5, 5.41) is 9.94. The lowest BCUT2D eigenvalue weighted by atomic mass is 10.1. The lowest BCUT2D eigenvalue weighted by molar-refractivity contribution is 0.249. The molecule has 5 heteroatoms. The van der Waals surface area contributed by atoms with Crippen molar-refractivity contribution in [2.24, 2.45) is 0 Å². The Bertz CT molecular complexity index is 656. The van der Waals surface area contributed by atoms with Crippen molar-refractivity contribution in [2.75, 3.05) is 38.2 Å². The normalized spacial score (nSPS) is 15.7.